The molecular formula is C18H30N4O2. The van der Waals surface area contributed by atoms with Gasteiger partial charge in [-0.25, -0.2) is 0 Å². The Balaban J connectivity index is 1.52. The van der Waals surface area contributed by atoms with E-state index in [2.05, 4.69) is 29.2 Å². The van der Waals surface area contributed by atoms with E-state index in [4.69, 9.17) is 4.74 Å². The van der Waals surface area contributed by atoms with Crippen LogP contribution in [0.5, 0.6) is 0 Å². The molecule has 1 amide bonds. The summed E-state index contributed by atoms with van der Waals surface area (Å²) in [6.07, 6.45) is 8.75. The number of carbonyl (C=O) groups excluding carboxylic acids is 1. The van der Waals surface area contributed by atoms with Crippen LogP contribution in [0.25, 0.3) is 0 Å². The molecule has 0 bridgehead atoms. The average molecular weight is 334 g/mol. The van der Waals surface area contributed by atoms with Crippen molar-refractivity contribution in [3.05, 3.63) is 18.0 Å². The molecule has 3 rings (SSSR count). The fraction of sp³-hybridized carbons (Fsp3) is 0.778. The van der Waals surface area contributed by atoms with Crippen molar-refractivity contribution in [2.45, 2.75) is 70.7 Å². The van der Waals surface area contributed by atoms with E-state index < -0.39 is 0 Å². The number of carbonyl (C=O) groups is 1. The highest BCUT2D eigenvalue weighted by Crippen LogP contribution is 2.28. The molecule has 1 aliphatic carbocycles. The Hall–Kier alpha value is -1.40. The van der Waals surface area contributed by atoms with Gasteiger partial charge in [0.05, 0.1) is 37.5 Å². The van der Waals surface area contributed by atoms with Gasteiger partial charge >= 0.3 is 0 Å². The van der Waals surface area contributed by atoms with Gasteiger partial charge in [0.1, 0.15) is 0 Å². The molecule has 4 atom stereocenters. The number of hydrogen-bond donors (Lipinski definition) is 1. The zero-order valence-corrected chi connectivity index (χ0v) is 15.1. The van der Waals surface area contributed by atoms with Crippen molar-refractivity contribution >= 4 is 5.91 Å². The molecule has 24 heavy (non-hydrogen) atoms. The van der Waals surface area contributed by atoms with E-state index in [1.54, 1.807) is 0 Å². The van der Waals surface area contributed by atoms with Crippen molar-refractivity contribution in [3.8, 4) is 0 Å². The second kappa shape index (κ2) is 7.66. The van der Waals surface area contributed by atoms with Gasteiger partial charge in [-0.1, -0.05) is 12.8 Å². The Morgan fingerprint density at radius 3 is 2.96 bits per heavy atom. The van der Waals surface area contributed by atoms with Crippen molar-refractivity contribution < 1.29 is 9.53 Å². The zero-order chi connectivity index (χ0) is 17.1. The molecule has 6 heteroatoms. The molecule has 4 unspecified atom stereocenters. The number of rotatable bonds is 5. The predicted octanol–water partition coefficient (Wildman–Crippen LogP) is 1.90. The maximum atomic E-state index is 12.7. The van der Waals surface area contributed by atoms with E-state index in [0.717, 1.165) is 24.9 Å². The molecule has 0 spiro atoms. The summed E-state index contributed by atoms with van der Waals surface area (Å²) < 4.78 is 7.82. The third-order valence-corrected chi connectivity index (χ3v) is 5.50. The van der Waals surface area contributed by atoms with Crippen LogP contribution in [0.4, 0.5) is 0 Å². The van der Waals surface area contributed by atoms with Gasteiger partial charge in [0.15, 0.2) is 0 Å². The highest BCUT2D eigenvalue weighted by Gasteiger charge is 2.36. The quantitative estimate of drug-likeness (QED) is 0.893. The van der Waals surface area contributed by atoms with E-state index in [0.29, 0.717) is 13.2 Å². The Morgan fingerprint density at radius 1 is 1.42 bits per heavy atom. The first-order valence-electron chi connectivity index (χ1n) is 9.21. The number of aromatic nitrogens is 2. The van der Waals surface area contributed by atoms with Crippen LogP contribution >= 0.6 is 0 Å². The molecule has 1 N–H and O–H groups in total. The van der Waals surface area contributed by atoms with Gasteiger partial charge in [0.2, 0.25) is 5.91 Å². The largest absolute Gasteiger partial charge is 0.374 e. The first kappa shape index (κ1) is 17.4. The van der Waals surface area contributed by atoms with Crippen LogP contribution in [0, 0.1) is 6.92 Å². The molecule has 6 nitrogen and oxygen atoms in total. The minimum atomic E-state index is 0.177. The minimum absolute atomic E-state index is 0.177. The smallest absolute Gasteiger partial charge is 0.236 e. The Labute approximate surface area is 144 Å². The van der Waals surface area contributed by atoms with Gasteiger partial charge in [-0.05, 0) is 39.2 Å². The number of nitrogens with zero attached hydrogens (tertiary/aromatic N) is 3. The lowest BCUT2D eigenvalue weighted by molar-refractivity contribution is -0.148. The third-order valence-electron chi connectivity index (χ3n) is 5.50. The maximum absolute atomic E-state index is 12.7. The molecule has 1 saturated carbocycles. The van der Waals surface area contributed by atoms with Gasteiger partial charge in [0.25, 0.3) is 0 Å². The number of morpholine rings is 1. The van der Waals surface area contributed by atoms with Crippen LogP contribution in [-0.2, 0) is 9.53 Å². The fourth-order valence-corrected chi connectivity index (χ4v) is 3.81. The van der Waals surface area contributed by atoms with Gasteiger partial charge in [-0.2, -0.15) is 5.10 Å². The Morgan fingerprint density at radius 2 is 2.21 bits per heavy atom. The summed E-state index contributed by atoms with van der Waals surface area (Å²) in [5.74, 6) is 0.200. The van der Waals surface area contributed by atoms with Crippen molar-refractivity contribution in [3.63, 3.8) is 0 Å². The molecule has 1 saturated heterocycles. The van der Waals surface area contributed by atoms with Gasteiger partial charge < -0.3 is 15.0 Å². The number of amides is 1. The molecule has 1 aliphatic heterocycles. The Kier molecular flexibility index (Phi) is 5.56. The molecule has 1 aromatic heterocycles. The summed E-state index contributed by atoms with van der Waals surface area (Å²) in [6.45, 7) is 8.05. The molecule has 1 aromatic rings. The van der Waals surface area contributed by atoms with Crippen LogP contribution in [0.1, 0.15) is 51.1 Å². The first-order valence-corrected chi connectivity index (χ1v) is 9.21. The SMILES string of the molecule is Cc1cnn(C(C)C(C)NCC(=O)N2CCOC3CCCCC32)c1. The maximum Gasteiger partial charge on any atom is 0.236 e. The lowest BCUT2D eigenvalue weighted by atomic mass is 9.90. The molecule has 134 valence electrons. The average Bonchev–Trinajstić information content (AvgIpc) is 3.04. The highest BCUT2D eigenvalue weighted by molar-refractivity contribution is 5.78. The van der Waals surface area contributed by atoms with E-state index in [1.165, 1.54) is 12.8 Å². The second-order valence-electron chi connectivity index (χ2n) is 7.26. The van der Waals surface area contributed by atoms with Gasteiger partial charge in [0, 0.05) is 18.8 Å². The molecular weight excluding hydrogens is 304 g/mol. The van der Waals surface area contributed by atoms with Crippen molar-refractivity contribution in [2.75, 3.05) is 19.7 Å². The molecule has 2 heterocycles. The number of hydrogen-bond acceptors (Lipinski definition) is 4. The lowest BCUT2D eigenvalue weighted by Crippen LogP contribution is -2.57. The summed E-state index contributed by atoms with van der Waals surface area (Å²) in [7, 11) is 0. The Bertz CT molecular complexity index is 557. The monoisotopic (exact) mass is 334 g/mol. The van der Waals surface area contributed by atoms with E-state index in [1.807, 2.05) is 24.0 Å². The predicted molar refractivity (Wildman–Crippen MR) is 92.8 cm³/mol. The van der Waals surface area contributed by atoms with Crippen LogP contribution in [-0.4, -0.2) is 58.5 Å². The number of ether oxygens (including phenoxy) is 1. The van der Waals surface area contributed by atoms with Crippen LogP contribution < -0.4 is 5.32 Å². The fourth-order valence-electron chi connectivity index (χ4n) is 3.81. The molecule has 0 radical (unpaired) electrons. The lowest BCUT2D eigenvalue weighted by Gasteiger charge is -2.44. The van der Waals surface area contributed by atoms with E-state index in [-0.39, 0.29) is 30.1 Å². The van der Waals surface area contributed by atoms with Crippen molar-refractivity contribution in [1.29, 1.82) is 0 Å². The highest BCUT2D eigenvalue weighted by atomic mass is 16.5. The minimum Gasteiger partial charge on any atom is -0.374 e. The normalized spacial score (nSPS) is 26.7. The molecule has 2 aliphatic rings. The van der Waals surface area contributed by atoms with E-state index >= 15 is 0 Å². The zero-order valence-electron chi connectivity index (χ0n) is 15.1. The standard InChI is InChI=1S/C18H30N4O2/c1-13-10-20-22(12-13)15(3)14(2)19-11-18(23)21-8-9-24-17-7-5-4-6-16(17)21/h10,12,14-17,19H,4-9,11H2,1-3H3. The number of nitrogens with one attached hydrogen (secondary N) is 1. The summed E-state index contributed by atoms with van der Waals surface area (Å²) in [5, 5.41) is 7.76. The van der Waals surface area contributed by atoms with Crippen molar-refractivity contribution in [2.24, 2.45) is 0 Å². The summed E-state index contributed by atoms with van der Waals surface area (Å²) in [6, 6.07) is 0.665. The summed E-state index contributed by atoms with van der Waals surface area (Å²) in [5.41, 5.74) is 1.15. The number of aryl methyl sites for hydroxylation is 1. The van der Waals surface area contributed by atoms with Crippen LogP contribution in [0.15, 0.2) is 12.4 Å². The summed E-state index contributed by atoms with van der Waals surface area (Å²) in [4.78, 5) is 14.8. The van der Waals surface area contributed by atoms with Crippen molar-refractivity contribution in [1.82, 2.24) is 20.0 Å². The first-order chi connectivity index (χ1) is 11.6. The van der Waals surface area contributed by atoms with E-state index in [9.17, 15) is 4.79 Å². The molecule has 2 fully saturated rings. The molecule has 0 aromatic carbocycles. The van der Waals surface area contributed by atoms with Gasteiger partial charge in [-0.15, -0.1) is 0 Å². The van der Waals surface area contributed by atoms with Crippen LogP contribution in [0.3, 0.4) is 0 Å². The van der Waals surface area contributed by atoms with Gasteiger partial charge in [-0.3, -0.25) is 9.48 Å². The second-order valence-corrected chi connectivity index (χ2v) is 7.26. The topological polar surface area (TPSA) is 59.4 Å². The number of fused-ring (bicyclic) bond motifs is 1. The van der Waals surface area contributed by atoms with Crippen LogP contribution in [0.2, 0.25) is 0 Å². The summed E-state index contributed by atoms with van der Waals surface area (Å²) >= 11 is 0. The third kappa shape index (κ3) is 3.81.